The fraction of sp³-hybridized carbons (Fsp3) is 0.643. The number of hydrogen-bond donors (Lipinski definition) is 1. The topological polar surface area (TPSA) is 62.3 Å². The van der Waals surface area contributed by atoms with Gasteiger partial charge in [0.2, 0.25) is 10.0 Å². The molecule has 0 amide bonds. The van der Waals surface area contributed by atoms with Crippen LogP contribution in [-0.4, -0.2) is 32.2 Å². The quantitative estimate of drug-likeness (QED) is 0.907. The van der Waals surface area contributed by atoms with Gasteiger partial charge in [-0.1, -0.05) is 13.8 Å². The van der Waals surface area contributed by atoms with E-state index in [4.69, 9.17) is 0 Å². The number of aromatic nitrogens is 1. The van der Waals surface area contributed by atoms with Crippen molar-refractivity contribution in [1.82, 2.24) is 4.98 Å². The maximum absolute atomic E-state index is 11.7. The van der Waals surface area contributed by atoms with Gasteiger partial charge in [-0.2, -0.15) is 0 Å². The normalized spacial score (nSPS) is 17.2. The molecule has 0 unspecified atom stereocenters. The summed E-state index contributed by atoms with van der Waals surface area (Å²) in [5.74, 6) is 1.31. The summed E-state index contributed by atoms with van der Waals surface area (Å²) in [5.41, 5.74) is 1.07. The minimum Gasteiger partial charge on any atom is -0.370 e. The number of sulfonamides is 1. The van der Waals surface area contributed by atoms with Crippen LogP contribution in [-0.2, 0) is 10.0 Å². The molecule has 0 bridgehead atoms. The molecular weight excluding hydrogens is 274 g/mol. The Bertz CT molecular complexity index is 520. The number of rotatable bonds is 5. The maximum atomic E-state index is 11.7. The van der Waals surface area contributed by atoms with Gasteiger partial charge in [0.15, 0.2) is 0 Å². The first kappa shape index (κ1) is 15.1. The van der Waals surface area contributed by atoms with Crippen LogP contribution < -0.4 is 9.62 Å². The molecule has 0 aromatic carbocycles. The lowest BCUT2D eigenvalue weighted by Crippen LogP contribution is -2.32. The second kappa shape index (κ2) is 6.43. The average Bonchev–Trinajstić information content (AvgIpc) is 2.40. The predicted molar refractivity (Wildman–Crippen MR) is 82.5 cm³/mol. The minimum atomic E-state index is -3.26. The number of piperidine rings is 1. The van der Waals surface area contributed by atoms with Crippen molar-refractivity contribution in [2.45, 2.75) is 33.1 Å². The Labute approximate surface area is 121 Å². The first-order chi connectivity index (χ1) is 9.50. The zero-order valence-corrected chi connectivity index (χ0v) is 13.0. The Hall–Kier alpha value is -1.30. The van der Waals surface area contributed by atoms with Gasteiger partial charge in [-0.3, -0.25) is 4.72 Å². The molecule has 1 aliphatic rings. The van der Waals surface area contributed by atoms with Gasteiger partial charge in [0.25, 0.3) is 0 Å². The van der Waals surface area contributed by atoms with Crippen molar-refractivity contribution >= 4 is 21.5 Å². The average molecular weight is 297 g/mol. The van der Waals surface area contributed by atoms with Crippen LogP contribution in [0.15, 0.2) is 18.3 Å². The van der Waals surface area contributed by atoms with Crippen LogP contribution in [0.3, 0.4) is 0 Å². The molecule has 1 N–H and O–H groups in total. The van der Waals surface area contributed by atoms with E-state index in [-0.39, 0.29) is 5.75 Å². The SMILES string of the molecule is CCCS(=O)(=O)Nc1ccc(N2CCC(C)CC2)cn1. The highest BCUT2D eigenvalue weighted by Gasteiger charge is 2.16. The number of nitrogens with zero attached hydrogens (tertiary/aromatic N) is 2. The summed E-state index contributed by atoms with van der Waals surface area (Å²) in [6, 6.07) is 3.67. The van der Waals surface area contributed by atoms with Crippen LogP contribution in [0.2, 0.25) is 0 Å². The van der Waals surface area contributed by atoms with E-state index in [0.29, 0.717) is 12.2 Å². The highest BCUT2D eigenvalue weighted by Crippen LogP contribution is 2.23. The lowest BCUT2D eigenvalue weighted by atomic mass is 9.99. The second-order valence-electron chi connectivity index (χ2n) is 5.49. The van der Waals surface area contributed by atoms with E-state index in [1.54, 1.807) is 12.3 Å². The lowest BCUT2D eigenvalue weighted by Gasteiger charge is -2.31. The second-order valence-corrected chi connectivity index (χ2v) is 7.33. The summed E-state index contributed by atoms with van der Waals surface area (Å²) >= 11 is 0. The van der Waals surface area contributed by atoms with Crippen molar-refractivity contribution in [3.8, 4) is 0 Å². The predicted octanol–water partition coefficient (Wildman–Crippen LogP) is 2.47. The standard InChI is InChI=1S/C14H23N3O2S/c1-3-10-20(18,19)16-14-5-4-13(11-15-14)17-8-6-12(2)7-9-17/h4-5,11-12H,3,6-10H2,1-2H3,(H,15,16). The molecule has 1 aliphatic heterocycles. The Kier molecular flexibility index (Phi) is 4.86. The van der Waals surface area contributed by atoms with Crippen molar-refractivity contribution in [1.29, 1.82) is 0 Å². The number of pyridine rings is 1. The summed E-state index contributed by atoms with van der Waals surface area (Å²) in [7, 11) is -3.26. The van der Waals surface area contributed by atoms with Crippen LogP contribution in [0, 0.1) is 5.92 Å². The van der Waals surface area contributed by atoms with E-state index in [0.717, 1.165) is 24.7 Å². The van der Waals surface area contributed by atoms with E-state index in [2.05, 4.69) is 21.5 Å². The van der Waals surface area contributed by atoms with Gasteiger partial charge >= 0.3 is 0 Å². The third-order valence-corrected chi connectivity index (χ3v) is 5.10. The fourth-order valence-corrected chi connectivity index (χ4v) is 3.46. The third kappa shape index (κ3) is 4.10. The molecule has 0 atom stereocenters. The molecule has 20 heavy (non-hydrogen) atoms. The Morgan fingerprint density at radius 2 is 2.05 bits per heavy atom. The molecule has 0 radical (unpaired) electrons. The molecule has 2 rings (SSSR count). The van der Waals surface area contributed by atoms with E-state index in [1.165, 1.54) is 12.8 Å². The molecule has 5 nitrogen and oxygen atoms in total. The third-order valence-electron chi connectivity index (χ3n) is 3.63. The van der Waals surface area contributed by atoms with Crippen molar-refractivity contribution in [3.05, 3.63) is 18.3 Å². The van der Waals surface area contributed by atoms with Gasteiger partial charge in [-0.25, -0.2) is 13.4 Å². The van der Waals surface area contributed by atoms with Crippen molar-refractivity contribution in [3.63, 3.8) is 0 Å². The summed E-state index contributed by atoms with van der Waals surface area (Å²) in [5, 5.41) is 0. The van der Waals surface area contributed by atoms with Crippen LogP contribution in [0.1, 0.15) is 33.1 Å². The molecule has 1 aromatic heterocycles. The smallest absolute Gasteiger partial charge is 0.233 e. The molecule has 112 valence electrons. The van der Waals surface area contributed by atoms with Crippen LogP contribution >= 0.6 is 0 Å². The molecular formula is C14H23N3O2S. The highest BCUT2D eigenvalue weighted by atomic mass is 32.2. The number of hydrogen-bond acceptors (Lipinski definition) is 4. The molecule has 0 spiro atoms. The van der Waals surface area contributed by atoms with E-state index < -0.39 is 10.0 Å². The van der Waals surface area contributed by atoms with Gasteiger partial charge < -0.3 is 4.90 Å². The first-order valence-corrected chi connectivity index (χ1v) is 8.87. The zero-order chi connectivity index (χ0) is 14.6. The summed E-state index contributed by atoms with van der Waals surface area (Å²) in [4.78, 5) is 6.51. The van der Waals surface area contributed by atoms with Crippen LogP contribution in [0.5, 0.6) is 0 Å². The van der Waals surface area contributed by atoms with E-state index in [1.807, 2.05) is 13.0 Å². The van der Waals surface area contributed by atoms with Gasteiger partial charge in [0, 0.05) is 13.1 Å². The largest absolute Gasteiger partial charge is 0.370 e. The Morgan fingerprint density at radius 3 is 2.60 bits per heavy atom. The highest BCUT2D eigenvalue weighted by molar-refractivity contribution is 7.92. The molecule has 1 fully saturated rings. The minimum absolute atomic E-state index is 0.125. The number of nitrogens with one attached hydrogen (secondary N) is 1. The molecule has 2 heterocycles. The van der Waals surface area contributed by atoms with Crippen LogP contribution in [0.4, 0.5) is 11.5 Å². The van der Waals surface area contributed by atoms with Crippen molar-refractivity contribution in [2.24, 2.45) is 5.92 Å². The molecule has 0 aliphatic carbocycles. The van der Waals surface area contributed by atoms with Gasteiger partial charge in [0.1, 0.15) is 5.82 Å². The van der Waals surface area contributed by atoms with Crippen molar-refractivity contribution < 1.29 is 8.42 Å². The zero-order valence-electron chi connectivity index (χ0n) is 12.2. The maximum Gasteiger partial charge on any atom is 0.233 e. The Balaban J connectivity index is 1.99. The Morgan fingerprint density at radius 1 is 1.35 bits per heavy atom. The van der Waals surface area contributed by atoms with E-state index in [9.17, 15) is 8.42 Å². The summed E-state index contributed by atoms with van der Waals surface area (Å²) < 4.78 is 25.8. The lowest BCUT2D eigenvalue weighted by molar-refractivity contribution is 0.438. The summed E-state index contributed by atoms with van der Waals surface area (Å²) in [6.45, 7) is 6.21. The summed E-state index contributed by atoms with van der Waals surface area (Å²) in [6.07, 6.45) is 4.74. The van der Waals surface area contributed by atoms with Gasteiger partial charge in [-0.05, 0) is 37.3 Å². The fourth-order valence-electron chi connectivity index (χ4n) is 2.38. The van der Waals surface area contributed by atoms with Crippen molar-refractivity contribution in [2.75, 3.05) is 28.5 Å². The molecule has 6 heteroatoms. The molecule has 1 aromatic rings. The monoisotopic (exact) mass is 297 g/mol. The van der Waals surface area contributed by atoms with Crippen LogP contribution in [0.25, 0.3) is 0 Å². The van der Waals surface area contributed by atoms with Gasteiger partial charge in [-0.15, -0.1) is 0 Å². The van der Waals surface area contributed by atoms with E-state index >= 15 is 0 Å². The first-order valence-electron chi connectivity index (χ1n) is 7.21. The molecule has 0 saturated carbocycles. The number of anilines is 2. The molecule has 1 saturated heterocycles. The van der Waals surface area contributed by atoms with Gasteiger partial charge in [0.05, 0.1) is 17.6 Å².